The number of ether oxygens (including phenoxy) is 1. The van der Waals surface area contributed by atoms with Gasteiger partial charge in [-0.25, -0.2) is 8.42 Å². The van der Waals surface area contributed by atoms with Crippen molar-refractivity contribution in [2.24, 2.45) is 0 Å². The minimum Gasteiger partial charge on any atom is -0.419 e. The molecule has 29 heavy (non-hydrogen) atoms. The van der Waals surface area contributed by atoms with Crippen LogP contribution in [0.5, 0.6) is 0 Å². The maximum absolute atomic E-state index is 13.4. The molecule has 1 aliphatic heterocycles. The van der Waals surface area contributed by atoms with Gasteiger partial charge in [-0.15, -0.1) is 0 Å². The van der Waals surface area contributed by atoms with E-state index in [4.69, 9.17) is 32.4 Å². The van der Waals surface area contributed by atoms with E-state index in [9.17, 15) is 8.42 Å². The molecule has 0 saturated carbocycles. The van der Waals surface area contributed by atoms with Gasteiger partial charge >= 0.3 is 0 Å². The van der Waals surface area contributed by atoms with Crippen molar-refractivity contribution in [1.29, 1.82) is 0 Å². The van der Waals surface area contributed by atoms with E-state index in [1.165, 1.54) is 0 Å². The Hall–Kier alpha value is -2.06. The molecule has 4 rings (SSSR count). The van der Waals surface area contributed by atoms with Gasteiger partial charge in [0.1, 0.15) is 0 Å². The Bertz CT molecular complexity index is 1140. The van der Waals surface area contributed by atoms with Crippen LogP contribution in [0.15, 0.2) is 56.8 Å². The Balaban J connectivity index is 1.87. The van der Waals surface area contributed by atoms with Crippen LogP contribution < -0.4 is 4.90 Å². The molecule has 1 fully saturated rings. The molecule has 1 aliphatic rings. The average Bonchev–Trinajstić information content (AvgIpc) is 3.15. The number of rotatable bonds is 4. The highest BCUT2D eigenvalue weighted by Crippen LogP contribution is 2.37. The van der Waals surface area contributed by atoms with Crippen molar-refractivity contribution in [2.45, 2.75) is 16.8 Å². The van der Waals surface area contributed by atoms with Gasteiger partial charge < -0.3 is 14.1 Å². The molecule has 2 heterocycles. The lowest BCUT2D eigenvalue weighted by atomic mass is 10.2. The molecule has 0 bridgehead atoms. The largest absolute Gasteiger partial charge is 0.419 e. The van der Waals surface area contributed by atoms with E-state index in [2.05, 4.69) is 4.98 Å². The fraction of sp³-hybridized carbons (Fsp3) is 0.250. The van der Waals surface area contributed by atoms with Crippen LogP contribution in [0, 0.1) is 6.92 Å². The zero-order chi connectivity index (χ0) is 20.6. The molecule has 0 spiro atoms. The lowest BCUT2D eigenvalue weighted by Crippen LogP contribution is -2.36. The van der Waals surface area contributed by atoms with Crippen molar-refractivity contribution in [3.05, 3.63) is 58.1 Å². The van der Waals surface area contributed by atoms with Gasteiger partial charge in [0.25, 0.3) is 0 Å². The Kier molecular flexibility index (Phi) is 5.57. The lowest BCUT2D eigenvalue weighted by Gasteiger charge is -2.26. The topological polar surface area (TPSA) is 72.6 Å². The van der Waals surface area contributed by atoms with E-state index in [1.54, 1.807) is 42.5 Å². The smallest absolute Gasteiger partial charge is 0.236 e. The predicted molar refractivity (Wildman–Crippen MR) is 112 cm³/mol. The Labute approximate surface area is 178 Å². The number of halogens is 2. The van der Waals surface area contributed by atoms with Gasteiger partial charge in [-0.2, -0.15) is 4.98 Å². The van der Waals surface area contributed by atoms with E-state index in [0.717, 1.165) is 5.56 Å². The Morgan fingerprint density at radius 2 is 1.72 bits per heavy atom. The van der Waals surface area contributed by atoms with Crippen LogP contribution >= 0.6 is 23.2 Å². The van der Waals surface area contributed by atoms with Gasteiger partial charge in [0.05, 0.1) is 28.7 Å². The van der Waals surface area contributed by atoms with Crippen molar-refractivity contribution in [1.82, 2.24) is 4.98 Å². The molecule has 9 heteroatoms. The van der Waals surface area contributed by atoms with Crippen LogP contribution in [0.2, 0.25) is 10.0 Å². The summed E-state index contributed by atoms with van der Waals surface area (Å²) >= 11 is 12.3. The number of aryl methyl sites for hydroxylation is 1. The summed E-state index contributed by atoms with van der Waals surface area (Å²) in [7, 11) is -3.90. The first-order valence-corrected chi connectivity index (χ1v) is 11.2. The predicted octanol–water partition coefficient (Wildman–Crippen LogP) is 4.63. The number of hydrogen-bond donors (Lipinski definition) is 0. The molecule has 0 aliphatic carbocycles. The zero-order valence-corrected chi connectivity index (χ0v) is 17.9. The fourth-order valence-corrected chi connectivity index (χ4v) is 4.86. The molecule has 0 radical (unpaired) electrons. The molecule has 6 nitrogen and oxygen atoms in total. The van der Waals surface area contributed by atoms with E-state index >= 15 is 0 Å². The third-order valence-corrected chi connectivity index (χ3v) is 6.84. The molecule has 0 N–H and O–H groups in total. The highest BCUT2D eigenvalue weighted by Gasteiger charge is 2.32. The minimum absolute atomic E-state index is 0.124. The lowest BCUT2D eigenvalue weighted by molar-refractivity contribution is 0.120. The molecule has 0 amide bonds. The van der Waals surface area contributed by atoms with Crippen molar-refractivity contribution in [2.75, 3.05) is 31.2 Å². The van der Waals surface area contributed by atoms with Crippen molar-refractivity contribution in [3.8, 4) is 11.5 Å². The second kappa shape index (κ2) is 7.99. The Morgan fingerprint density at radius 1 is 1.03 bits per heavy atom. The van der Waals surface area contributed by atoms with Gasteiger partial charge in [-0.3, -0.25) is 0 Å². The van der Waals surface area contributed by atoms with E-state index < -0.39 is 9.84 Å². The van der Waals surface area contributed by atoms with Gasteiger partial charge in [-0.05, 0) is 37.3 Å². The normalized spacial score (nSPS) is 14.9. The number of anilines is 1. The molecular weight excluding hydrogens is 435 g/mol. The molecule has 1 aromatic heterocycles. The van der Waals surface area contributed by atoms with Crippen LogP contribution in [0.1, 0.15) is 5.56 Å². The van der Waals surface area contributed by atoms with Crippen LogP contribution in [-0.2, 0) is 14.6 Å². The van der Waals surface area contributed by atoms with E-state index in [0.29, 0.717) is 41.9 Å². The second-order valence-electron chi connectivity index (χ2n) is 6.67. The molecule has 0 atom stereocenters. The molecule has 2 aromatic carbocycles. The van der Waals surface area contributed by atoms with Gasteiger partial charge in [-0.1, -0.05) is 40.9 Å². The average molecular weight is 453 g/mol. The minimum atomic E-state index is -3.90. The number of oxazole rings is 1. The quantitative estimate of drug-likeness (QED) is 0.574. The summed E-state index contributed by atoms with van der Waals surface area (Å²) in [5.74, 6) is 0.314. The van der Waals surface area contributed by atoms with Crippen LogP contribution in [-0.4, -0.2) is 39.7 Å². The first-order chi connectivity index (χ1) is 13.9. The van der Waals surface area contributed by atoms with Gasteiger partial charge in [0.2, 0.25) is 26.6 Å². The molecule has 0 unspecified atom stereocenters. The number of aromatic nitrogens is 1. The maximum atomic E-state index is 13.4. The fourth-order valence-electron chi connectivity index (χ4n) is 3.05. The highest BCUT2D eigenvalue weighted by atomic mass is 35.5. The van der Waals surface area contributed by atoms with Crippen LogP contribution in [0.3, 0.4) is 0 Å². The third-order valence-electron chi connectivity index (χ3n) is 4.63. The third kappa shape index (κ3) is 4.00. The van der Waals surface area contributed by atoms with Crippen LogP contribution in [0.4, 0.5) is 5.88 Å². The summed E-state index contributed by atoms with van der Waals surface area (Å²) in [6.45, 7) is 3.84. The summed E-state index contributed by atoms with van der Waals surface area (Å²) < 4.78 is 38.0. The van der Waals surface area contributed by atoms with E-state index in [-0.39, 0.29) is 21.7 Å². The summed E-state index contributed by atoms with van der Waals surface area (Å²) in [5, 5.41) is 0.655. The number of morpholine rings is 1. The Morgan fingerprint density at radius 3 is 2.38 bits per heavy atom. The monoisotopic (exact) mass is 452 g/mol. The first-order valence-electron chi connectivity index (χ1n) is 8.97. The standard InChI is InChI=1S/C20H18Cl2N2O4S/c1-13-2-5-15(6-3-13)29(25,26)19-20(24-8-10-27-11-9-24)28-18(23-19)16-7-4-14(21)12-17(16)22/h2-7,12H,8-11H2,1H3. The van der Waals surface area contributed by atoms with Gasteiger partial charge in [0, 0.05) is 18.1 Å². The summed E-state index contributed by atoms with van der Waals surface area (Å²) in [6.07, 6.45) is 0. The number of nitrogens with zero attached hydrogens (tertiary/aromatic N) is 2. The zero-order valence-electron chi connectivity index (χ0n) is 15.6. The van der Waals surface area contributed by atoms with Crippen LogP contribution in [0.25, 0.3) is 11.5 Å². The molecule has 152 valence electrons. The molecular formula is C20H18Cl2N2O4S. The number of sulfone groups is 1. The van der Waals surface area contributed by atoms with Crippen molar-refractivity contribution in [3.63, 3.8) is 0 Å². The van der Waals surface area contributed by atoms with Gasteiger partial charge in [0.15, 0.2) is 0 Å². The summed E-state index contributed by atoms with van der Waals surface area (Å²) in [4.78, 5) is 6.33. The van der Waals surface area contributed by atoms with Crippen molar-refractivity contribution >= 4 is 38.9 Å². The highest BCUT2D eigenvalue weighted by molar-refractivity contribution is 7.91. The molecule has 1 saturated heterocycles. The second-order valence-corrected chi connectivity index (χ2v) is 9.38. The number of hydrogen-bond acceptors (Lipinski definition) is 6. The summed E-state index contributed by atoms with van der Waals surface area (Å²) in [5.41, 5.74) is 1.43. The maximum Gasteiger partial charge on any atom is 0.236 e. The first kappa shape index (κ1) is 20.2. The van der Waals surface area contributed by atoms with E-state index in [1.807, 2.05) is 11.8 Å². The van der Waals surface area contributed by atoms with Crippen molar-refractivity contribution < 1.29 is 17.6 Å². The SMILES string of the molecule is Cc1ccc(S(=O)(=O)c2nc(-c3ccc(Cl)cc3Cl)oc2N2CCOCC2)cc1. The number of benzene rings is 2. The summed E-state index contributed by atoms with van der Waals surface area (Å²) in [6, 6.07) is 11.5. The molecule has 3 aromatic rings.